The van der Waals surface area contributed by atoms with E-state index in [9.17, 15) is 0 Å². The Morgan fingerprint density at radius 2 is 1.89 bits per heavy atom. The average Bonchev–Trinajstić information content (AvgIpc) is 3.32. The molecular weight excluding hydrogens is 391 g/mol. The molecule has 28 heavy (non-hydrogen) atoms. The monoisotopic (exact) mass is 414 g/mol. The predicted octanol–water partition coefficient (Wildman–Crippen LogP) is 6.11. The van der Waals surface area contributed by atoms with Crippen LogP contribution in [0.2, 0.25) is 10.0 Å². The molecule has 1 spiro atoms. The first-order valence-corrected chi connectivity index (χ1v) is 10.8. The first-order valence-electron chi connectivity index (χ1n) is 10.1. The lowest BCUT2D eigenvalue weighted by molar-refractivity contribution is 0.161. The number of halogens is 2. The second-order valence-electron chi connectivity index (χ2n) is 8.36. The van der Waals surface area contributed by atoms with Gasteiger partial charge in [0.05, 0.1) is 21.8 Å². The number of hydrogen-bond acceptors (Lipinski definition) is 3. The van der Waals surface area contributed by atoms with Crippen LogP contribution in [0.15, 0.2) is 36.9 Å². The van der Waals surface area contributed by atoms with Crippen molar-refractivity contribution in [2.24, 2.45) is 11.3 Å². The summed E-state index contributed by atoms with van der Waals surface area (Å²) in [6, 6.07) is 5.69. The van der Waals surface area contributed by atoms with Gasteiger partial charge >= 0.3 is 0 Å². The van der Waals surface area contributed by atoms with Crippen molar-refractivity contribution in [2.45, 2.75) is 39.0 Å². The first kappa shape index (κ1) is 18.3. The molecule has 3 heterocycles. The van der Waals surface area contributed by atoms with Crippen LogP contribution in [0.4, 0.5) is 5.95 Å². The van der Waals surface area contributed by atoms with Crippen LogP contribution in [0, 0.1) is 11.3 Å². The van der Waals surface area contributed by atoms with E-state index < -0.39 is 0 Å². The predicted molar refractivity (Wildman–Crippen MR) is 115 cm³/mol. The largest absolute Gasteiger partial charge is 0.342 e. The molecule has 1 aromatic carbocycles. The Labute approximate surface area is 175 Å². The smallest absolute Gasteiger partial charge is 0.211 e. The van der Waals surface area contributed by atoms with Crippen molar-refractivity contribution >= 4 is 34.7 Å². The van der Waals surface area contributed by atoms with E-state index >= 15 is 0 Å². The zero-order chi connectivity index (χ0) is 19.3. The van der Waals surface area contributed by atoms with Crippen LogP contribution >= 0.6 is 23.2 Å². The normalized spacial score (nSPS) is 21.7. The molecule has 2 fully saturated rings. The number of fused-ring (bicyclic) bond motifs is 1. The zero-order valence-electron chi connectivity index (χ0n) is 16.0. The summed E-state index contributed by atoms with van der Waals surface area (Å²) in [6.45, 7) is 4.56. The van der Waals surface area contributed by atoms with E-state index in [0.29, 0.717) is 15.5 Å². The van der Waals surface area contributed by atoms with Gasteiger partial charge in [0.15, 0.2) is 0 Å². The van der Waals surface area contributed by atoms with Crippen LogP contribution in [0.5, 0.6) is 0 Å². The maximum absolute atomic E-state index is 6.47. The maximum atomic E-state index is 6.47. The van der Waals surface area contributed by atoms with Crippen molar-refractivity contribution in [3.63, 3.8) is 0 Å². The molecule has 0 amide bonds. The lowest BCUT2D eigenvalue weighted by Crippen LogP contribution is -2.42. The van der Waals surface area contributed by atoms with Gasteiger partial charge in [-0.15, -0.1) is 0 Å². The van der Waals surface area contributed by atoms with Crippen molar-refractivity contribution in [3.8, 4) is 11.1 Å². The van der Waals surface area contributed by atoms with Crippen molar-refractivity contribution in [1.29, 1.82) is 0 Å². The van der Waals surface area contributed by atoms with Crippen LogP contribution < -0.4 is 4.90 Å². The Hall–Kier alpha value is -1.78. The highest BCUT2D eigenvalue weighted by atomic mass is 35.5. The number of benzene rings is 1. The summed E-state index contributed by atoms with van der Waals surface area (Å²) in [4.78, 5) is 11.6. The van der Waals surface area contributed by atoms with Gasteiger partial charge in [-0.1, -0.05) is 55.1 Å². The quantitative estimate of drug-likeness (QED) is 0.506. The molecule has 3 aromatic rings. The Morgan fingerprint density at radius 1 is 1.07 bits per heavy atom. The molecule has 0 unspecified atom stereocenters. The molecule has 1 aliphatic heterocycles. The second kappa shape index (κ2) is 6.93. The Balaban J connectivity index is 1.50. The molecule has 0 bridgehead atoms. The van der Waals surface area contributed by atoms with Gasteiger partial charge in [0.2, 0.25) is 5.95 Å². The van der Waals surface area contributed by atoms with Gasteiger partial charge in [0.25, 0.3) is 0 Å². The fraction of sp³-hybridized carbons (Fsp3) is 0.455. The van der Waals surface area contributed by atoms with Crippen molar-refractivity contribution < 1.29 is 0 Å². The highest BCUT2D eigenvalue weighted by Gasteiger charge is 2.42. The van der Waals surface area contributed by atoms with Crippen LogP contribution in [-0.4, -0.2) is 27.5 Å². The molecule has 1 atom stereocenters. The molecule has 0 N–H and O–H groups in total. The van der Waals surface area contributed by atoms with Gasteiger partial charge in [-0.2, -0.15) is 0 Å². The van der Waals surface area contributed by atoms with E-state index in [2.05, 4.69) is 21.2 Å². The third-order valence-corrected chi connectivity index (χ3v) is 7.90. The zero-order valence-corrected chi connectivity index (χ0v) is 17.5. The van der Waals surface area contributed by atoms with Crippen molar-refractivity contribution in [1.82, 2.24) is 14.4 Å². The van der Waals surface area contributed by atoms with Crippen LogP contribution in [-0.2, 0) is 0 Å². The van der Waals surface area contributed by atoms with Gasteiger partial charge in [-0.25, -0.2) is 9.97 Å². The fourth-order valence-corrected chi connectivity index (χ4v) is 5.67. The molecule has 5 rings (SSSR count). The summed E-state index contributed by atoms with van der Waals surface area (Å²) in [5.41, 5.74) is 3.39. The molecule has 6 heteroatoms. The molecule has 1 saturated carbocycles. The van der Waals surface area contributed by atoms with E-state index in [1.54, 1.807) is 6.07 Å². The molecular formula is C22H24Cl2N4. The van der Waals surface area contributed by atoms with E-state index in [-0.39, 0.29) is 0 Å². The summed E-state index contributed by atoms with van der Waals surface area (Å²) in [5, 5.41) is 1.10. The van der Waals surface area contributed by atoms with Gasteiger partial charge in [0.1, 0.15) is 6.33 Å². The summed E-state index contributed by atoms with van der Waals surface area (Å²) in [5.74, 6) is 1.82. The second-order valence-corrected chi connectivity index (χ2v) is 9.15. The Morgan fingerprint density at radius 3 is 2.64 bits per heavy atom. The molecule has 0 radical (unpaired) electrons. The topological polar surface area (TPSA) is 33.4 Å². The number of anilines is 1. The lowest BCUT2D eigenvalue weighted by atomic mass is 9.71. The lowest BCUT2D eigenvalue weighted by Gasteiger charge is -2.42. The number of nitrogens with zero attached hydrogens (tertiary/aromatic N) is 4. The molecule has 2 aliphatic rings. The third-order valence-electron chi connectivity index (χ3n) is 7.08. The standard InChI is InChI=1S/C22H24Cl2N4/c1-15-4-3-7-22(15)8-10-27(11-9-22)21-26-12-17(19-13-25-14-28(19)21)16-5-2-6-18(23)20(16)24/h2,5-6,12-15H,3-4,7-11H2,1H3/t15-/m1/s1. The number of aromatic nitrogens is 3. The number of imidazole rings is 1. The average molecular weight is 415 g/mol. The van der Waals surface area contributed by atoms with Gasteiger partial charge in [-0.05, 0) is 36.7 Å². The summed E-state index contributed by atoms with van der Waals surface area (Å²) < 4.78 is 2.09. The third kappa shape index (κ3) is 2.81. The first-order chi connectivity index (χ1) is 13.6. The van der Waals surface area contributed by atoms with Crippen LogP contribution in [0.3, 0.4) is 0 Å². The van der Waals surface area contributed by atoms with Crippen LogP contribution in [0.1, 0.15) is 39.0 Å². The summed E-state index contributed by atoms with van der Waals surface area (Å²) in [6.07, 6.45) is 12.3. The Bertz CT molecular complexity index is 1020. The number of rotatable bonds is 2. The van der Waals surface area contributed by atoms with E-state index in [1.165, 1.54) is 32.1 Å². The van der Waals surface area contributed by atoms with E-state index in [4.69, 9.17) is 28.2 Å². The molecule has 146 valence electrons. The molecule has 4 nitrogen and oxygen atoms in total. The van der Waals surface area contributed by atoms with Crippen molar-refractivity contribution in [2.75, 3.05) is 18.0 Å². The van der Waals surface area contributed by atoms with Gasteiger partial charge < -0.3 is 4.90 Å². The summed E-state index contributed by atoms with van der Waals surface area (Å²) in [7, 11) is 0. The molecule has 1 aliphatic carbocycles. The van der Waals surface area contributed by atoms with Gasteiger partial charge in [-0.3, -0.25) is 4.40 Å². The minimum atomic E-state index is 0.549. The van der Waals surface area contributed by atoms with E-state index in [1.807, 2.05) is 30.9 Å². The Kier molecular flexibility index (Phi) is 4.52. The van der Waals surface area contributed by atoms with Crippen molar-refractivity contribution in [3.05, 3.63) is 47.0 Å². The number of piperidine rings is 1. The minimum Gasteiger partial charge on any atom is -0.342 e. The van der Waals surface area contributed by atoms with Crippen LogP contribution in [0.25, 0.3) is 16.6 Å². The maximum Gasteiger partial charge on any atom is 0.211 e. The molecule has 2 aromatic heterocycles. The van der Waals surface area contributed by atoms with E-state index in [0.717, 1.165) is 41.6 Å². The molecule has 1 saturated heterocycles. The SMILES string of the molecule is C[C@@H]1CCCC12CCN(c1ncc(-c3cccc(Cl)c3Cl)c3cncn13)CC2. The minimum absolute atomic E-state index is 0.549. The van der Waals surface area contributed by atoms with Gasteiger partial charge in [0, 0.05) is 30.4 Å². The highest BCUT2D eigenvalue weighted by Crippen LogP contribution is 2.50. The highest BCUT2D eigenvalue weighted by molar-refractivity contribution is 6.43. The number of hydrogen-bond donors (Lipinski definition) is 0. The fourth-order valence-electron chi connectivity index (χ4n) is 5.27. The summed E-state index contributed by atoms with van der Waals surface area (Å²) >= 11 is 12.7.